The minimum Gasteiger partial charge on any atom is -0.497 e. The molecule has 1 saturated carbocycles. The predicted octanol–water partition coefficient (Wildman–Crippen LogP) is 3.46. The van der Waals surface area contributed by atoms with Crippen molar-refractivity contribution in [2.24, 2.45) is 11.8 Å². The summed E-state index contributed by atoms with van der Waals surface area (Å²) in [7, 11) is 1.61. The maximum Gasteiger partial charge on any atom is 0.321 e. The molecule has 2 aliphatic rings. The number of ether oxygens (including phenoxy) is 1. The maximum atomic E-state index is 12.6. The summed E-state index contributed by atoms with van der Waals surface area (Å²) in [5.74, 6) is 1.40. The Morgan fingerprint density at radius 3 is 2.46 bits per heavy atom. The second-order valence-electron chi connectivity index (χ2n) is 7.39. The highest BCUT2D eigenvalue weighted by Crippen LogP contribution is 2.48. The molecule has 2 aromatic rings. The molecule has 1 aliphatic carbocycles. The normalized spacial score (nSPS) is 27.2. The number of methoxy groups -OCH3 is 1. The van der Waals surface area contributed by atoms with Crippen LogP contribution in [0.4, 0.5) is 10.5 Å². The lowest BCUT2D eigenvalue weighted by Crippen LogP contribution is -2.35. The van der Waals surface area contributed by atoms with E-state index < -0.39 is 5.60 Å². The molecule has 5 nitrogen and oxygen atoms in total. The van der Waals surface area contributed by atoms with Crippen LogP contribution in [-0.4, -0.2) is 36.2 Å². The Balaban J connectivity index is 1.39. The molecule has 1 aliphatic heterocycles. The van der Waals surface area contributed by atoms with Gasteiger partial charge in [-0.2, -0.15) is 0 Å². The van der Waals surface area contributed by atoms with Gasteiger partial charge in [0.05, 0.1) is 12.7 Å². The van der Waals surface area contributed by atoms with Crippen molar-refractivity contribution in [3.8, 4) is 5.75 Å². The minimum atomic E-state index is -0.758. The molecule has 2 unspecified atom stereocenters. The largest absolute Gasteiger partial charge is 0.497 e. The van der Waals surface area contributed by atoms with Gasteiger partial charge in [0.15, 0.2) is 0 Å². The summed E-state index contributed by atoms with van der Waals surface area (Å²) >= 11 is 0. The number of amides is 2. The van der Waals surface area contributed by atoms with Crippen LogP contribution in [0.2, 0.25) is 0 Å². The molecule has 2 aromatic carbocycles. The van der Waals surface area contributed by atoms with E-state index in [1.54, 1.807) is 7.11 Å². The van der Waals surface area contributed by atoms with Gasteiger partial charge in [0, 0.05) is 24.8 Å². The fourth-order valence-electron chi connectivity index (χ4n) is 4.41. The van der Waals surface area contributed by atoms with Crippen molar-refractivity contribution in [3.05, 3.63) is 60.2 Å². The Morgan fingerprint density at radius 2 is 1.81 bits per heavy atom. The molecule has 1 saturated heterocycles. The zero-order valence-corrected chi connectivity index (χ0v) is 14.9. The molecule has 1 heterocycles. The number of nitrogens with one attached hydrogen (secondary N) is 1. The van der Waals surface area contributed by atoms with Gasteiger partial charge in [-0.15, -0.1) is 0 Å². The first-order valence-electron chi connectivity index (χ1n) is 9.05. The molecule has 2 fully saturated rings. The van der Waals surface area contributed by atoms with E-state index in [2.05, 4.69) is 5.32 Å². The molecule has 136 valence electrons. The standard InChI is InChI=1S/C21H24N2O3/c1-26-19-9-5-8-18(10-19)22-20(24)23-13-15-11-21(25,12-16(15)14-23)17-6-3-2-4-7-17/h2-10,15-16,25H,11-14H2,1H3,(H,22,24). The highest BCUT2D eigenvalue weighted by molar-refractivity contribution is 5.89. The van der Waals surface area contributed by atoms with E-state index in [0.29, 0.717) is 43.5 Å². The number of fused-ring (bicyclic) bond motifs is 1. The van der Waals surface area contributed by atoms with Crippen LogP contribution >= 0.6 is 0 Å². The first-order valence-corrected chi connectivity index (χ1v) is 9.05. The van der Waals surface area contributed by atoms with Gasteiger partial charge in [0.2, 0.25) is 0 Å². The van der Waals surface area contributed by atoms with E-state index in [-0.39, 0.29) is 6.03 Å². The molecule has 2 atom stereocenters. The third-order valence-electron chi connectivity index (χ3n) is 5.70. The van der Waals surface area contributed by atoms with Gasteiger partial charge in [-0.3, -0.25) is 0 Å². The topological polar surface area (TPSA) is 61.8 Å². The summed E-state index contributed by atoms with van der Waals surface area (Å²) in [5.41, 5.74) is 0.959. The van der Waals surface area contributed by atoms with Crippen LogP contribution in [-0.2, 0) is 5.60 Å². The van der Waals surface area contributed by atoms with Gasteiger partial charge in [0.1, 0.15) is 5.75 Å². The van der Waals surface area contributed by atoms with Crippen LogP contribution in [0.15, 0.2) is 54.6 Å². The van der Waals surface area contributed by atoms with Gasteiger partial charge in [0.25, 0.3) is 0 Å². The first-order chi connectivity index (χ1) is 12.6. The lowest BCUT2D eigenvalue weighted by Gasteiger charge is -2.26. The number of urea groups is 1. The first kappa shape index (κ1) is 16.9. The molecule has 0 aromatic heterocycles. The number of anilines is 1. The predicted molar refractivity (Wildman–Crippen MR) is 100 cm³/mol. The third kappa shape index (κ3) is 3.15. The maximum absolute atomic E-state index is 12.6. The second-order valence-corrected chi connectivity index (χ2v) is 7.39. The van der Waals surface area contributed by atoms with Crippen molar-refractivity contribution in [1.29, 1.82) is 0 Å². The quantitative estimate of drug-likeness (QED) is 0.889. The van der Waals surface area contributed by atoms with E-state index >= 15 is 0 Å². The van der Waals surface area contributed by atoms with Crippen molar-refractivity contribution in [2.45, 2.75) is 18.4 Å². The van der Waals surface area contributed by atoms with Crippen LogP contribution in [0.1, 0.15) is 18.4 Å². The summed E-state index contributed by atoms with van der Waals surface area (Å²) in [6, 6.07) is 17.2. The molecule has 2 amide bonds. The van der Waals surface area contributed by atoms with Gasteiger partial charge in [-0.25, -0.2) is 4.79 Å². The number of likely N-dealkylation sites (tertiary alicyclic amines) is 1. The number of benzene rings is 2. The fraction of sp³-hybridized carbons (Fsp3) is 0.381. The van der Waals surface area contributed by atoms with Gasteiger partial charge in [-0.1, -0.05) is 36.4 Å². The molecule has 2 N–H and O–H groups in total. The monoisotopic (exact) mass is 352 g/mol. The molecular weight excluding hydrogens is 328 g/mol. The SMILES string of the molecule is COc1cccc(NC(=O)N2CC3CC(O)(c4ccccc4)CC3C2)c1. The number of hydrogen-bond acceptors (Lipinski definition) is 3. The Bertz CT molecular complexity index is 779. The molecule has 5 heteroatoms. The number of carbonyl (C=O) groups excluding carboxylic acids is 1. The molecule has 4 rings (SSSR count). The Labute approximate surface area is 153 Å². The molecular formula is C21H24N2O3. The van der Waals surface area contributed by atoms with Crippen LogP contribution < -0.4 is 10.1 Å². The van der Waals surface area contributed by atoms with Crippen molar-refractivity contribution in [2.75, 3.05) is 25.5 Å². The van der Waals surface area contributed by atoms with E-state index in [1.165, 1.54) is 0 Å². The number of nitrogens with zero attached hydrogens (tertiary/aromatic N) is 1. The molecule has 0 radical (unpaired) electrons. The lowest BCUT2D eigenvalue weighted by atomic mass is 9.90. The second kappa shape index (κ2) is 6.65. The van der Waals surface area contributed by atoms with Crippen molar-refractivity contribution in [3.63, 3.8) is 0 Å². The van der Waals surface area contributed by atoms with E-state index in [4.69, 9.17) is 4.74 Å². The average molecular weight is 352 g/mol. The highest BCUT2D eigenvalue weighted by Gasteiger charge is 2.49. The summed E-state index contributed by atoms with van der Waals surface area (Å²) in [6.07, 6.45) is 1.43. The zero-order chi connectivity index (χ0) is 18.1. The van der Waals surface area contributed by atoms with E-state index in [1.807, 2.05) is 59.5 Å². The molecule has 26 heavy (non-hydrogen) atoms. The van der Waals surface area contributed by atoms with E-state index in [0.717, 1.165) is 11.3 Å². The third-order valence-corrected chi connectivity index (χ3v) is 5.70. The summed E-state index contributed by atoms with van der Waals surface area (Å²) in [6.45, 7) is 1.38. The van der Waals surface area contributed by atoms with Crippen molar-refractivity contribution < 1.29 is 14.6 Å². The van der Waals surface area contributed by atoms with Crippen molar-refractivity contribution in [1.82, 2.24) is 4.90 Å². The molecule has 0 bridgehead atoms. The van der Waals surface area contributed by atoms with Crippen LogP contribution in [0.5, 0.6) is 5.75 Å². The Kier molecular flexibility index (Phi) is 4.32. The van der Waals surface area contributed by atoms with Gasteiger partial charge in [-0.05, 0) is 42.4 Å². The molecule has 0 spiro atoms. The van der Waals surface area contributed by atoms with Crippen molar-refractivity contribution >= 4 is 11.7 Å². The Morgan fingerprint density at radius 1 is 1.12 bits per heavy atom. The van der Waals surface area contributed by atoms with Crippen LogP contribution in [0.3, 0.4) is 0 Å². The van der Waals surface area contributed by atoms with Gasteiger partial charge < -0.3 is 20.1 Å². The lowest BCUT2D eigenvalue weighted by molar-refractivity contribution is 0.0328. The highest BCUT2D eigenvalue weighted by atomic mass is 16.5. The average Bonchev–Trinajstić information content (AvgIpc) is 3.18. The minimum absolute atomic E-state index is 0.0871. The summed E-state index contributed by atoms with van der Waals surface area (Å²) < 4.78 is 5.19. The number of hydrogen-bond donors (Lipinski definition) is 2. The fourth-order valence-corrected chi connectivity index (χ4v) is 4.41. The summed E-state index contributed by atoms with van der Waals surface area (Å²) in [5, 5.41) is 14.0. The summed E-state index contributed by atoms with van der Waals surface area (Å²) in [4.78, 5) is 14.4. The van der Waals surface area contributed by atoms with E-state index in [9.17, 15) is 9.90 Å². The number of aliphatic hydroxyl groups is 1. The number of rotatable bonds is 3. The smallest absolute Gasteiger partial charge is 0.321 e. The Hall–Kier alpha value is -2.53. The number of carbonyl (C=O) groups is 1. The van der Waals surface area contributed by atoms with Crippen LogP contribution in [0, 0.1) is 11.8 Å². The van der Waals surface area contributed by atoms with Crippen LogP contribution in [0.25, 0.3) is 0 Å². The van der Waals surface area contributed by atoms with Gasteiger partial charge >= 0.3 is 6.03 Å². The zero-order valence-electron chi connectivity index (χ0n) is 14.9.